The van der Waals surface area contributed by atoms with Crippen molar-refractivity contribution in [2.24, 2.45) is 5.92 Å². The van der Waals surface area contributed by atoms with E-state index in [9.17, 15) is 18.0 Å². The average molecular weight is 465 g/mol. The Morgan fingerprint density at radius 1 is 1.00 bits per heavy atom. The first kappa shape index (κ1) is 23.1. The molecule has 1 heterocycles. The standard InChI is InChI=1S/C25H28ClF3N2O/c26-19-10-8-17(9-11-19)16-18-12-14-31(15-13-18)23-7-3-6-22(23)30-24(32)20-4-1-2-5-21(20)25(27,28)29/h1-2,4-5,8-11,18,22-23H,3,6-7,12-16H2,(H,30,32). The summed E-state index contributed by atoms with van der Waals surface area (Å²) >= 11 is 5.97. The Labute approximate surface area is 191 Å². The van der Waals surface area contributed by atoms with E-state index in [-0.39, 0.29) is 17.6 Å². The smallest absolute Gasteiger partial charge is 0.348 e. The van der Waals surface area contributed by atoms with Crippen molar-refractivity contribution in [3.05, 3.63) is 70.2 Å². The van der Waals surface area contributed by atoms with Crippen molar-refractivity contribution in [2.45, 2.75) is 56.8 Å². The molecule has 1 N–H and O–H groups in total. The highest BCUT2D eigenvalue weighted by atomic mass is 35.5. The van der Waals surface area contributed by atoms with Crippen molar-refractivity contribution in [3.8, 4) is 0 Å². The quantitative estimate of drug-likeness (QED) is 0.591. The number of halogens is 4. The monoisotopic (exact) mass is 464 g/mol. The van der Waals surface area contributed by atoms with Crippen molar-refractivity contribution in [2.75, 3.05) is 13.1 Å². The fraction of sp³-hybridized carbons (Fsp3) is 0.480. The number of amides is 1. The third-order valence-corrected chi connectivity index (χ3v) is 7.08. The van der Waals surface area contributed by atoms with Gasteiger partial charge < -0.3 is 5.32 Å². The highest BCUT2D eigenvalue weighted by molar-refractivity contribution is 6.30. The summed E-state index contributed by atoms with van der Waals surface area (Å²) in [6.07, 6.45) is 1.39. The maximum atomic E-state index is 13.3. The van der Waals surface area contributed by atoms with Crippen LogP contribution in [0.5, 0.6) is 0 Å². The van der Waals surface area contributed by atoms with Gasteiger partial charge in [0, 0.05) is 17.1 Å². The van der Waals surface area contributed by atoms with E-state index in [0.29, 0.717) is 5.92 Å². The number of alkyl halides is 3. The molecule has 1 saturated heterocycles. The third kappa shape index (κ3) is 5.46. The molecule has 2 aromatic rings. The predicted molar refractivity (Wildman–Crippen MR) is 120 cm³/mol. The van der Waals surface area contributed by atoms with Gasteiger partial charge in [-0.1, -0.05) is 35.9 Å². The molecule has 1 amide bonds. The number of piperidine rings is 1. The highest BCUT2D eigenvalue weighted by Gasteiger charge is 2.38. The lowest BCUT2D eigenvalue weighted by Crippen LogP contribution is -2.51. The van der Waals surface area contributed by atoms with Crippen LogP contribution in [-0.2, 0) is 12.6 Å². The van der Waals surface area contributed by atoms with Crippen LogP contribution in [0.15, 0.2) is 48.5 Å². The van der Waals surface area contributed by atoms with Crippen molar-refractivity contribution in [1.29, 1.82) is 0 Å². The predicted octanol–water partition coefficient (Wildman–Crippen LogP) is 5.96. The number of nitrogens with one attached hydrogen (secondary N) is 1. The molecule has 1 saturated carbocycles. The fourth-order valence-corrected chi connectivity index (χ4v) is 5.29. The summed E-state index contributed by atoms with van der Waals surface area (Å²) in [6.45, 7) is 1.91. The molecular formula is C25H28ClF3N2O. The van der Waals surface area contributed by atoms with Crippen LogP contribution < -0.4 is 5.32 Å². The minimum Gasteiger partial charge on any atom is -0.348 e. The molecule has 2 aliphatic rings. The molecular weight excluding hydrogens is 437 g/mol. The molecule has 1 aliphatic carbocycles. The van der Waals surface area contributed by atoms with Crippen LogP contribution in [0.25, 0.3) is 0 Å². The van der Waals surface area contributed by atoms with Gasteiger partial charge in [0.15, 0.2) is 0 Å². The zero-order valence-corrected chi connectivity index (χ0v) is 18.6. The van der Waals surface area contributed by atoms with E-state index in [1.807, 2.05) is 12.1 Å². The average Bonchev–Trinajstić information content (AvgIpc) is 3.23. The molecule has 0 radical (unpaired) electrons. The molecule has 1 aliphatic heterocycles. The molecule has 32 heavy (non-hydrogen) atoms. The summed E-state index contributed by atoms with van der Waals surface area (Å²) in [6, 6.07) is 13.1. The molecule has 2 unspecified atom stereocenters. The van der Waals surface area contributed by atoms with Crippen LogP contribution >= 0.6 is 11.6 Å². The molecule has 0 spiro atoms. The van der Waals surface area contributed by atoms with E-state index in [4.69, 9.17) is 11.6 Å². The van der Waals surface area contributed by atoms with Gasteiger partial charge in [-0.2, -0.15) is 13.2 Å². The summed E-state index contributed by atoms with van der Waals surface area (Å²) in [5.74, 6) is -0.0204. The third-order valence-electron chi connectivity index (χ3n) is 6.83. The van der Waals surface area contributed by atoms with Crippen LogP contribution in [0.1, 0.15) is 53.6 Å². The number of carbonyl (C=O) groups excluding carboxylic acids is 1. The van der Waals surface area contributed by atoms with Crippen LogP contribution in [0.3, 0.4) is 0 Å². The van der Waals surface area contributed by atoms with E-state index in [0.717, 1.165) is 62.7 Å². The molecule has 2 fully saturated rings. The normalized spacial score (nSPS) is 22.8. The maximum absolute atomic E-state index is 13.3. The van der Waals surface area contributed by atoms with Crippen molar-refractivity contribution in [1.82, 2.24) is 10.2 Å². The molecule has 0 bridgehead atoms. The van der Waals surface area contributed by atoms with E-state index < -0.39 is 17.6 Å². The Kier molecular flexibility index (Phi) is 7.11. The molecule has 172 valence electrons. The summed E-state index contributed by atoms with van der Waals surface area (Å²) in [5.41, 5.74) is 0.115. The summed E-state index contributed by atoms with van der Waals surface area (Å²) < 4.78 is 39.9. The minimum absolute atomic E-state index is 0.114. The second-order valence-corrected chi connectivity index (χ2v) is 9.37. The van der Waals surface area contributed by atoms with Crippen LogP contribution in [0, 0.1) is 5.92 Å². The number of hydrogen-bond donors (Lipinski definition) is 1. The van der Waals surface area contributed by atoms with Crippen LogP contribution in [0.4, 0.5) is 13.2 Å². The largest absolute Gasteiger partial charge is 0.417 e. The lowest BCUT2D eigenvalue weighted by atomic mass is 9.89. The number of likely N-dealkylation sites (tertiary alicyclic amines) is 1. The first-order valence-corrected chi connectivity index (χ1v) is 11.6. The lowest BCUT2D eigenvalue weighted by molar-refractivity contribution is -0.137. The second-order valence-electron chi connectivity index (χ2n) is 8.93. The van der Waals surface area contributed by atoms with Gasteiger partial charge in [-0.05, 0) is 87.4 Å². The fourth-order valence-electron chi connectivity index (χ4n) is 5.16. The number of benzene rings is 2. The molecule has 2 atom stereocenters. The highest BCUT2D eigenvalue weighted by Crippen LogP contribution is 2.33. The van der Waals surface area contributed by atoms with Crippen LogP contribution in [-0.4, -0.2) is 36.0 Å². The minimum atomic E-state index is -4.55. The van der Waals surface area contributed by atoms with E-state index in [1.54, 1.807) is 0 Å². The Morgan fingerprint density at radius 2 is 1.69 bits per heavy atom. The molecule has 0 aromatic heterocycles. The zero-order valence-electron chi connectivity index (χ0n) is 17.9. The Morgan fingerprint density at radius 3 is 2.38 bits per heavy atom. The Bertz CT molecular complexity index is 924. The van der Waals surface area contributed by atoms with Gasteiger partial charge in [0.2, 0.25) is 0 Å². The zero-order chi connectivity index (χ0) is 22.7. The first-order chi connectivity index (χ1) is 15.3. The van der Waals surface area contributed by atoms with Gasteiger partial charge in [-0.3, -0.25) is 9.69 Å². The van der Waals surface area contributed by atoms with E-state index in [1.165, 1.54) is 23.8 Å². The SMILES string of the molecule is O=C(NC1CCCC1N1CCC(Cc2ccc(Cl)cc2)CC1)c1ccccc1C(F)(F)F. The van der Waals surface area contributed by atoms with Gasteiger partial charge in [0.1, 0.15) is 0 Å². The topological polar surface area (TPSA) is 32.3 Å². The summed E-state index contributed by atoms with van der Waals surface area (Å²) in [4.78, 5) is 15.2. The number of carbonyl (C=O) groups is 1. The van der Waals surface area contributed by atoms with Gasteiger partial charge in [0.25, 0.3) is 5.91 Å². The van der Waals surface area contributed by atoms with Gasteiger partial charge in [-0.25, -0.2) is 0 Å². The number of hydrogen-bond acceptors (Lipinski definition) is 2. The Balaban J connectivity index is 1.34. The first-order valence-electron chi connectivity index (χ1n) is 11.3. The maximum Gasteiger partial charge on any atom is 0.417 e. The van der Waals surface area contributed by atoms with Crippen molar-refractivity contribution >= 4 is 17.5 Å². The summed E-state index contributed by atoms with van der Waals surface area (Å²) in [5, 5.41) is 3.66. The summed E-state index contributed by atoms with van der Waals surface area (Å²) in [7, 11) is 0. The van der Waals surface area contributed by atoms with Gasteiger partial charge in [-0.15, -0.1) is 0 Å². The Hall–Kier alpha value is -2.05. The molecule has 2 aromatic carbocycles. The molecule has 7 heteroatoms. The van der Waals surface area contributed by atoms with Crippen molar-refractivity contribution < 1.29 is 18.0 Å². The number of rotatable bonds is 5. The van der Waals surface area contributed by atoms with Gasteiger partial charge >= 0.3 is 6.18 Å². The van der Waals surface area contributed by atoms with Crippen LogP contribution in [0.2, 0.25) is 5.02 Å². The number of nitrogens with zero attached hydrogens (tertiary/aromatic N) is 1. The molecule has 4 rings (SSSR count). The molecule has 3 nitrogen and oxygen atoms in total. The lowest BCUT2D eigenvalue weighted by Gasteiger charge is -2.38. The van der Waals surface area contributed by atoms with E-state index >= 15 is 0 Å². The van der Waals surface area contributed by atoms with Gasteiger partial charge in [0.05, 0.1) is 11.1 Å². The second kappa shape index (κ2) is 9.84. The van der Waals surface area contributed by atoms with Crippen molar-refractivity contribution in [3.63, 3.8) is 0 Å². The van der Waals surface area contributed by atoms with E-state index in [2.05, 4.69) is 22.3 Å².